The number of ether oxygens (including phenoxy) is 1. The fourth-order valence-corrected chi connectivity index (χ4v) is 3.78. The Morgan fingerprint density at radius 2 is 1.81 bits per heavy atom. The largest absolute Gasteiger partial charge is 0.456 e. The first-order chi connectivity index (χ1) is 12.6. The molecule has 0 fully saturated rings. The SMILES string of the molecule is CCCCCS(=O)(=O)Nc1cccc(Oc2cccc(C(F)(F)F)c2Cl)c1. The molecule has 2 rings (SSSR count). The summed E-state index contributed by atoms with van der Waals surface area (Å²) in [5, 5.41) is -0.560. The number of sulfonamides is 1. The van der Waals surface area contributed by atoms with Crippen LogP contribution in [0.3, 0.4) is 0 Å². The van der Waals surface area contributed by atoms with Crippen molar-refractivity contribution in [2.75, 3.05) is 10.5 Å². The lowest BCUT2D eigenvalue weighted by molar-refractivity contribution is -0.137. The minimum absolute atomic E-state index is 0.00855. The number of alkyl halides is 3. The molecule has 27 heavy (non-hydrogen) atoms. The van der Waals surface area contributed by atoms with Crippen LogP contribution in [0.25, 0.3) is 0 Å². The quantitative estimate of drug-likeness (QED) is 0.525. The van der Waals surface area contributed by atoms with Gasteiger partial charge in [0, 0.05) is 6.07 Å². The van der Waals surface area contributed by atoms with E-state index in [0.717, 1.165) is 18.9 Å². The molecule has 0 aliphatic carbocycles. The number of anilines is 1. The molecule has 0 heterocycles. The van der Waals surface area contributed by atoms with Crippen LogP contribution in [0, 0.1) is 0 Å². The second kappa shape index (κ2) is 8.84. The van der Waals surface area contributed by atoms with E-state index in [1.807, 2.05) is 6.92 Å². The highest BCUT2D eigenvalue weighted by Crippen LogP contribution is 2.40. The number of rotatable bonds is 8. The molecule has 148 valence electrons. The molecule has 0 atom stereocenters. The highest BCUT2D eigenvalue weighted by atomic mass is 35.5. The molecule has 0 bridgehead atoms. The first-order valence-corrected chi connectivity index (χ1v) is 10.3. The Kier molecular flexibility index (Phi) is 7.00. The van der Waals surface area contributed by atoms with Crippen molar-refractivity contribution in [1.82, 2.24) is 0 Å². The minimum Gasteiger partial charge on any atom is -0.456 e. The van der Waals surface area contributed by atoms with E-state index in [9.17, 15) is 21.6 Å². The van der Waals surface area contributed by atoms with Crippen LogP contribution < -0.4 is 9.46 Å². The third-order valence-corrected chi connectivity index (χ3v) is 5.38. The van der Waals surface area contributed by atoms with Crippen LogP contribution in [-0.4, -0.2) is 14.2 Å². The average Bonchev–Trinajstić information content (AvgIpc) is 2.56. The molecule has 0 aliphatic rings. The van der Waals surface area contributed by atoms with E-state index in [2.05, 4.69) is 4.72 Å². The number of nitrogens with one attached hydrogen (secondary N) is 1. The first-order valence-electron chi connectivity index (χ1n) is 8.26. The second-order valence-electron chi connectivity index (χ2n) is 5.87. The highest BCUT2D eigenvalue weighted by molar-refractivity contribution is 7.92. The van der Waals surface area contributed by atoms with Gasteiger partial charge in [-0.3, -0.25) is 4.72 Å². The van der Waals surface area contributed by atoms with E-state index in [0.29, 0.717) is 6.42 Å². The van der Waals surface area contributed by atoms with Gasteiger partial charge in [-0.05, 0) is 30.7 Å². The molecule has 9 heteroatoms. The standard InChI is InChI=1S/C18H19ClF3NO3S/c1-2-3-4-11-27(24,25)23-13-7-5-8-14(12-13)26-16-10-6-9-15(17(16)19)18(20,21)22/h5-10,12,23H,2-4,11H2,1H3. The summed E-state index contributed by atoms with van der Waals surface area (Å²) in [6, 6.07) is 9.28. The average molecular weight is 422 g/mol. The smallest absolute Gasteiger partial charge is 0.417 e. The zero-order valence-corrected chi connectivity index (χ0v) is 16.1. The number of hydrogen-bond donors (Lipinski definition) is 1. The zero-order chi connectivity index (χ0) is 20.1. The molecular weight excluding hydrogens is 403 g/mol. The van der Waals surface area contributed by atoms with Gasteiger partial charge in [0.1, 0.15) is 11.5 Å². The Hall–Kier alpha value is -1.93. The van der Waals surface area contributed by atoms with Crippen molar-refractivity contribution in [1.29, 1.82) is 0 Å². The molecule has 0 saturated heterocycles. The van der Waals surface area contributed by atoms with Gasteiger partial charge in [-0.25, -0.2) is 8.42 Å². The van der Waals surface area contributed by atoms with Gasteiger partial charge in [-0.15, -0.1) is 0 Å². The Morgan fingerprint density at radius 3 is 2.48 bits per heavy atom. The van der Waals surface area contributed by atoms with Gasteiger partial charge in [0.25, 0.3) is 0 Å². The van der Waals surface area contributed by atoms with Crippen LogP contribution in [-0.2, 0) is 16.2 Å². The highest BCUT2D eigenvalue weighted by Gasteiger charge is 2.34. The molecule has 0 aromatic heterocycles. The first kappa shape index (κ1) is 21.4. The monoisotopic (exact) mass is 421 g/mol. The van der Waals surface area contributed by atoms with E-state index >= 15 is 0 Å². The maximum atomic E-state index is 12.9. The van der Waals surface area contributed by atoms with Gasteiger partial charge in [0.2, 0.25) is 10.0 Å². The number of halogens is 4. The van der Waals surface area contributed by atoms with E-state index in [1.54, 1.807) is 0 Å². The topological polar surface area (TPSA) is 55.4 Å². The Morgan fingerprint density at radius 1 is 1.11 bits per heavy atom. The van der Waals surface area contributed by atoms with E-state index in [4.69, 9.17) is 16.3 Å². The van der Waals surface area contributed by atoms with Crippen LogP contribution in [0.2, 0.25) is 5.02 Å². The van der Waals surface area contributed by atoms with Crippen LogP contribution in [0.5, 0.6) is 11.5 Å². The molecule has 0 unspecified atom stereocenters. The van der Waals surface area contributed by atoms with Crippen LogP contribution in [0.4, 0.5) is 18.9 Å². The van der Waals surface area contributed by atoms with Gasteiger partial charge in [0.05, 0.1) is 22.0 Å². The van der Waals surface area contributed by atoms with Gasteiger partial charge < -0.3 is 4.74 Å². The third-order valence-electron chi connectivity index (χ3n) is 3.62. The molecule has 2 aromatic rings. The molecule has 0 aliphatic heterocycles. The second-order valence-corrected chi connectivity index (χ2v) is 8.09. The van der Waals surface area contributed by atoms with Crippen LogP contribution in [0.1, 0.15) is 31.7 Å². The molecule has 0 saturated carbocycles. The summed E-state index contributed by atoms with van der Waals surface area (Å²) in [5.41, 5.74) is -0.749. The summed E-state index contributed by atoms with van der Waals surface area (Å²) in [4.78, 5) is 0. The molecule has 0 radical (unpaired) electrons. The van der Waals surface area contributed by atoms with Crippen molar-refractivity contribution in [3.05, 3.63) is 53.1 Å². The Balaban J connectivity index is 2.17. The molecule has 0 amide bonds. The normalized spacial score (nSPS) is 12.0. The maximum absolute atomic E-state index is 12.9. The van der Waals surface area contributed by atoms with E-state index in [1.165, 1.54) is 36.4 Å². The van der Waals surface area contributed by atoms with E-state index < -0.39 is 26.8 Å². The van der Waals surface area contributed by atoms with E-state index in [-0.39, 0.29) is 22.9 Å². The number of hydrogen-bond acceptors (Lipinski definition) is 3. The summed E-state index contributed by atoms with van der Waals surface area (Å²) in [7, 11) is -3.51. The Labute approximate surface area is 161 Å². The lowest BCUT2D eigenvalue weighted by atomic mass is 10.2. The minimum atomic E-state index is -4.60. The fraction of sp³-hybridized carbons (Fsp3) is 0.333. The lowest BCUT2D eigenvalue weighted by Crippen LogP contribution is -2.16. The van der Waals surface area contributed by atoms with Gasteiger partial charge in [-0.2, -0.15) is 13.2 Å². The molecule has 2 aromatic carbocycles. The zero-order valence-electron chi connectivity index (χ0n) is 14.5. The van der Waals surface area contributed by atoms with Crippen molar-refractivity contribution in [3.63, 3.8) is 0 Å². The predicted octanol–water partition coefficient (Wildman–Crippen LogP) is 6.08. The molecule has 1 N–H and O–H groups in total. The van der Waals surface area contributed by atoms with Crippen molar-refractivity contribution < 1.29 is 26.3 Å². The van der Waals surface area contributed by atoms with Gasteiger partial charge in [0.15, 0.2) is 0 Å². The lowest BCUT2D eigenvalue weighted by Gasteiger charge is -2.14. The molecule has 0 spiro atoms. The van der Waals surface area contributed by atoms with Crippen molar-refractivity contribution >= 4 is 27.3 Å². The van der Waals surface area contributed by atoms with Crippen LogP contribution in [0.15, 0.2) is 42.5 Å². The fourth-order valence-electron chi connectivity index (χ4n) is 2.33. The van der Waals surface area contributed by atoms with Crippen molar-refractivity contribution in [3.8, 4) is 11.5 Å². The third kappa shape index (κ3) is 6.32. The van der Waals surface area contributed by atoms with Crippen LogP contribution >= 0.6 is 11.6 Å². The summed E-state index contributed by atoms with van der Waals surface area (Å²) in [5.74, 6) is -0.0230. The summed E-state index contributed by atoms with van der Waals surface area (Å²) < 4.78 is 70.8. The summed E-state index contributed by atoms with van der Waals surface area (Å²) >= 11 is 5.80. The molecule has 4 nitrogen and oxygen atoms in total. The predicted molar refractivity (Wildman–Crippen MR) is 99.9 cm³/mol. The maximum Gasteiger partial charge on any atom is 0.417 e. The van der Waals surface area contributed by atoms with Gasteiger partial charge >= 0.3 is 6.18 Å². The molecular formula is C18H19ClF3NO3S. The van der Waals surface area contributed by atoms with Crippen molar-refractivity contribution in [2.45, 2.75) is 32.4 Å². The summed E-state index contributed by atoms with van der Waals surface area (Å²) in [6.45, 7) is 1.97. The summed E-state index contributed by atoms with van der Waals surface area (Å²) in [6.07, 6.45) is -2.36. The van der Waals surface area contributed by atoms with Crippen molar-refractivity contribution in [2.24, 2.45) is 0 Å². The number of benzene rings is 2. The Bertz CT molecular complexity index is 886. The van der Waals surface area contributed by atoms with Gasteiger partial charge in [-0.1, -0.05) is 43.5 Å². The number of unbranched alkanes of at least 4 members (excludes halogenated alkanes) is 2.